The summed E-state index contributed by atoms with van der Waals surface area (Å²) in [6.45, 7) is 13.3. The van der Waals surface area contributed by atoms with Crippen molar-refractivity contribution in [2.45, 2.75) is 66.2 Å². The van der Waals surface area contributed by atoms with Crippen LogP contribution in [-0.4, -0.2) is 45.7 Å². The maximum Gasteiger partial charge on any atom is 0.150 e. The van der Waals surface area contributed by atoms with E-state index in [2.05, 4.69) is 146 Å². The highest BCUT2D eigenvalue weighted by atomic mass is 16.5. The summed E-state index contributed by atoms with van der Waals surface area (Å²) in [4.78, 5) is 15.6. The zero-order valence-electron chi connectivity index (χ0n) is 37.0. The van der Waals surface area contributed by atoms with Gasteiger partial charge in [0.25, 0.3) is 0 Å². The highest BCUT2D eigenvalue weighted by Crippen LogP contribution is 2.31. The van der Waals surface area contributed by atoms with Crippen LogP contribution >= 0.6 is 0 Å². The van der Waals surface area contributed by atoms with Crippen molar-refractivity contribution in [1.82, 2.24) is 0 Å². The van der Waals surface area contributed by atoms with Gasteiger partial charge in [-0.2, -0.15) is 0 Å². The number of aryl methyl sites for hydroxylation is 2. The summed E-state index contributed by atoms with van der Waals surface area (Å²) in [6, 6.07) is 47.7. The molecule has 6 rings (SSSR count). The van der Waals surface area contributed by atoms with Gasteiger partial charge in [-0.1, -0.05) is 80.7 Å². The number of benzene rings is 6. The average Bonchev–Trinajstić information content (AvgIpc) is 3.32. The van der Waals surface area contributed by atoms with Gasteiger partial charge in [-0.25, -0.2) is 0 Å². The zero-order valence-corrected chi connectivity index (χ0v) is 37.0. The van der Waals surface area contributed by atoms with Gasteiger partial charge in [0.1, 0.15) is 31.0 Å². The van der Waals surface area contributed by atoms with Crippen LogP contribution in [0.4, 0.5) is 11.4 Å². The third-order valence-electron chi connectivity index (χ3n) is 11.0. The van der Waals surface area contributed by atoms with Gasteiger partial charge < -0.3 is 19.3 Å². The second-order valence-electron chi connectivity index (χ2n) is 15.4. The first-order chi connectivity index (χ1) is 30.5. The Bertz CT molecular complexity index is 2430. The van der Waals surface area contributed by atoms with Crippen molar-refractivity contribution in [3.63, 3.8) is 0 Å². The molecule has 0 aliphatic rings. The summed E-state index contributed by atoms with van der Waals surface area (Å²) in [6.07, 6.45) is 7.39. The summed E-state index contributed by atoms with van der Waals surface area (Å²) in [5, 5.41) is 0. The van der Waals surface area contributed by atoms with E-state index in [1.165, 1.54) is 27.9 Å². The van der Waals surface area contributed by atoms with E-state index in [9.17, 15) is 4.79 Å². The second kappa shape index (κ2) is 23.9. The monoisotopic (exact) mass is 820 g/mol. The molecule has 0 heterocycles. The molecule has 0 aromatic heterocycles. The normalized spacial score (nSPS) is 10.5. The van der Waals surface area contributed by atoms with Crippen LogP contribution in [0.1, 0.15) is 97.1 Å². The van der Waals surface area contributed by atoms with Crippen molar-refractivity contribution in [2.24, 2.45) is 0 Å². The molecular formula is C57H60N2O3. The van der Waals surface area contributed by atoms with Crippen LogP contribution in [-0.2, 0) is 12.8 Å². The number of rotatable bonds is 20. The lowest BCUT2D eigenvalue weighted by Crippen LogP contribution is -2.28. The number of aldehydes is 1. The minimum Gasteiger partial charge on any atom is -0.492 e. The van der Waals surface area contributed by atoms with Crippen molar-refractivity contribution in [3.05, 3.63) is 178 Å². The molecule has 0 fully saturated rings. The van der Waals surface area contributed by atoms with Crippen LogP contribution in [0, 0.1) is 23.7 Å². The summed E-state index contributed by atoms with van der Waals surface area (Å²) in [5.74, 6) is 15.5. The quantitative estimate of drug-likeness (QED) is 0.0567. The number of nitrogens with zero attached hydrogens (tertiary/aromatic N) is 2. The van der Waals surface area contributed by atoms with Crippen molar-refractivity contribution < 1.29 is 14.3 Å². The second-order valence-corrected chi connectivity index (χ2v) is 15.4. The maximum absolute atomic E-state index is 10.9. The van der Waals surface area contributed by atoms with Crippen LogP contribution in [0.2, 0.25) is 0 Å². The van der Waals surface area contributed by atoms with Crippen LogP contribution in [0.3, 0.4) is 0 Å². The summed E-state index contributed by atoms with van der Waals surface area (Å²) >= 11 is 0. The predicted octanol–water partition coefficient (Wildman–Crippen LogP) is 12.5. The first-order valence-electron chi connectivity index (χ1n) is 22.4. The van der Waals surface area contributed by atoms with Crippen LogP contribution < -0.4 is 19.3 Å². The summed E-state index contributed by atoms with van der Waals surface area (Å²) in [7, 11) is 0. The molecule has 5 nitrogen and oxygen atoms in total. The first-order valence-corrected chi connectivity index (χ1v) is 22.4. The minimum absolute atomic E-state index is 0.548. The molecule has 316 valence electrons. The molecule has 6 aromatic rings. The molecule has 0 saturated heterocycles. The van der Waals surface area contributed by atoms with Crippen LogP contribution in [0.25, 0.3) is 11.1 Å². The van der Waals surface area contributed by atoms with E-state index in [-0.39, 0.29) is 0 Å². The molecule has 0 radical (unpaired) electrons. The summed E-state index contributed by atoms with van der Waals surface area (Å²) < 4.78 is 11.9. The molecule has 6 aromatic carbocycles. The van der Waals surface area contributed by atoms with Gasteiger partial charge in [-0.3, -0.25) is 4.79 Å². The van der Waals surface area contributed by atoms with Gasteiger partial charge in [-0.15, -0.1) is 0 Å². The molecule has 0 spiro atoms. The van der Waals surface area contributed by atoms with Gasteiger partial charge in [0.2, 0.25) is 0 Å². The standard InChI is InChI=1S/C57H60N2O3/c1-5-9-14-50-42-47(20-18-45-22-30-52(31-23-45)58(7-3)38-40-61-54-16-12-11-13-17-54)28-36-56(50)57-37-29-48(43-51(57)15-10-6-2)21-19-46-24-32-53(33-25-46)59(8-4)39-41-62-55-34-26-49(44-60)27-35-55/h11-13,16-17,22-37,42-44H,5-10,14-15,38-41H2,1-4H3. The SMILES string of the molecule is CCCCc1cc(C#Cc2ccc(N(CC)CCOc3ccccc3)cc2)ccc1-c1ccc(C#Cc2ccc(N(CC)CCOc3ccc(C=O)cc3)cc2)cc1CCCC. The predicted molar refractivity (Wildman–Crippen MR) is 259 cm³/mol. The van der Waals surface area contributed by atoms with Gasteiger partial charge >= 0.3 is 0 Å². The van der Waals surface area contributed by atoms with Crippen molar-refractivity contribution >= 4 is 17.7 Å². The number of likely N-dealkylation sites (N-methyl/N-ethyl adjacent to an activating group) is 2. The number of hydrogen-bond acceptors (Lipinski definition) is 5. The number of anilines is 2. The number of carbonyl (C=O) groups is 1. The van der Waals surface area contributed by atoms with Crippen molar-refractivity contribution in [2.75, 3.05) is 49.2 Å². The maximum atomic E-state index is 10.9. The molecule has 0 N–H and O–H groups in total. The molecule has 0 amide bonds. The number of unbranched alkanes of at least 4 members (excludes halogenated alkanes) is 2. The molecule has 0 atom stereocenters. The average molecular weight is 821 g/mol. The minimum atomic E-state index is 0.548. The Balaban J connectivity index is 1.13. The van der Waals surface area contributed by atoms with E-state index < -0.39 is 0 Å². The van der Waals surface area contributed by atoms with E-state index in [0.717, 1.165) is 110 Å². The van der Waals surface area contributed by atoms with Gasteiger partial charge in [0.05, 0.1) is 13.1 Å². The molecule has 0 saturated carbocycles. The Kier molecular flexibility index (Phi) is 17.3. The number of para-hydroxylation sites is 1. The lowest BCUT2D eigenvalue weighted by atomic mass is 9.89. The Hall–Kier alpha value is -6.69. The molecule has 0 bridgehead atoms. The Morgan fingerprint density at radius 1 is 0.484 bits per heavy atom. The van der Waals surface area contributed by atoms with Gasteiger partial charge in [0, 0.05) is 52.3 Å². The van der Waals surface area contributed by atoms with E-state index in [0.29, 0.717) is 18.8 Å². The Labute approximate surface area is 370 Å². The number of hydrogen-bond donors (Lipinski definition) is 0. The van der Waals surface area contributed by atoms with E-state index in [1.807, 2.05) is 42.5 Å². The van der Waals surface area contributed by atoms with E-state index >= 15 is 0 Å². The first kappa shape index (κ1) is 44.9. The third kappa shape index (κ3) is 13.2. The lowest BCUT2D eigenvalue weighted by Gasteiger charge is -2.23. The fourth-order valence-electron chi connectivity index (χ4n) is 7.46. The lowest BCUT2D eigenvalue weighted by molar-refractivity contribution is 0.112. The van der Waals surface area contributed by atoms with Crippen LogP contribution in [0.15, 0.2) is 140 Å². The largest absolute Gasteiger partial charge is 0.492 e. The molecule has 0 unspecified atom stereocenters. The molecule has 5 heteroatoms. The number of ether oxygens (including phenoxy) is 2. The van der Waals surface area contributed by atoms with Crippen molar-refractivity contribution in [1.29, 1.82) is 0 Å². The van der Waals surface area contributed by atoms with Crippen LogP contribution in [0.5, 0.6) is 11.5 Å². The fraction of sp³-hybridized carbons (Fsp3) is 0.281. The van der Waals surface area contributed by atoms with Crippen molar-refractivity contribution in [3.8, 4) is 46.3 Å². The topological polar surface area (TPSA) is 42.0 Å². The number of carbonyl (C=O) groups excluding carboxylic acids is 1. The molecule has 0 aliphatic heterocycles. The molecular weight excluding hydrogens is 761 g/mol. The third-order valence-corrected chi connectivity index (χ3v) is 11.0. The highest BCUT2D eigenvalue weighted by Gasteiger charge is 2.12. The van der Waals surface area contributed by atoms with Gasteiger partial charge in [0.15, 0.2) is 0 Å². The Morgan fingerprint density at radius 3 is 1.32 bits per heavy atom. The smallest absolute Gasteiger partial charge is 0.150 e. The summed E-state index contributed by atoms with van der Waals surface area (Å²) in [5.41, 5.74) is 12.3. The molecule has 0 aliphatic carbocycles. The van der Waals surface area contributed by atoms with E-state index in [1.54, 1.807) is 12.1 Å². The highest BCUT2D eigenvalue weighted by molar-refractivity contribution is 5.75. The van der Waals surface area contributed by atoms with Gasteiger partial charge in [-0.05, 0) is 171 Å². The van der Waals surface area contributed by atoms with E-state index in [4.69, 9.17) is 9.47 Å². The zero-order chi connectivity index (χ0) is 43.4. The molecule has 62 heavy (non-hydrogen) atoms. The fourth-order valence-corrected chi connectivity index (χ4v) is 7.46. The Morgan fingerprint density at radius 2 is 0.903 bits per heavy atom.